The van der Waals surface area contributed by atoms with Crippen molar-refractivity contribution in [3.8, 4) is 16.9 Å². The van der Waals surface area contributed by atoms with Crippen LogP contribution in [0.4, 0.5) is 0 Å². The first kappa shape index (κ1) is 14.4. The maximum Gasteiger partial charge on any atom is 0.115 e. The van der Waals surface area contributed by atoms with Crippen LogP contribution in [0.2, 0.25) is 0 Å². The minimum atomic E-state index is 0.0146. The van der Waals surface area contributed by atoms with Gasteiger partial charge in [0.1, 0.15) is 5.75 Å². The van der Waals surface area contributed by atoms with Crippen molar-refractivity contribution in [1.82, 2.24) is 0 Å². The summed E-state index contributed by atoms with van der Waals surface area (Å²) in [6.07, 6.45) is 0.819. The Balaban J connectivity index is 1.73. The molecule has 2 heteroatoms. The van der Waals surface area contributed by atoms with Crippen LogP contribution < -0.4 is 5.73 Å². The molecule has 0 aromatic heterocycles. The van der Waals surface area contributed by atoms with Gasteiger partial charge in [-0.25, -0.2) is 0 Å². The fourth-order valence-corrected chi connectivity index (χ4v) is 2.56. The van der Waals surface area contributed by atoms with Crippen LogP contribution in [0.1, 0.15) is 17.2 Å². The van der Waals surface area contributed by atoms with E-state index in [4.69, 9.17) is 5.73 Å². The fraction of sp³-hybridized carbons (Fsp3) is 0.100. The smallest absolute Gasteiger partial charge is 0.115 e. The maximum absolute atomic E-state index is 9.34. The molecule has 0 aliphatic carbocycles. The summed E-state index contributed by atoms with van der Waals surface area (Å²) in [5.74, 6) is 0.286. The molecular weight excluding hydrogens is 270 g/mol. The van der Waals surface area contributed by atoms with E-state index in [0.717, 1.165) is 23.1 Å². The number of phenols is 1. The first-order valence-corrected chi connectivity index (χ1v) is 7.41. The second-order valence-electron chi connectivity index (χ2n) is 5.47. The second-order valence-corrected chi connectivity index (χ2v) is 5.47. The van der Waals surface area contributed by atoms with Crippen LogP contribution in [0.15, 0.2) is 78.9 Å². The van der Waals surface area contributed by atoms with Gasteiger partial charge in [-0.1, -0.05) is 66.7 Å². The quantitative estimate of drug-likeness (QED) is 0.752. The zero-order valence-electron chi connectivity index (χ0n) is 12.3. The minimum absolute atomic E-state index is 0.0146. The molecule has 3 aromatic carbocycles. The van der Waals surface area contributed by atoms with E-state index in [2.05, 4.69) is 36.4 Å². The lowest BCUT2D eigenvalue weighted by Crippen LogP contribution is -2.13. The Labute approximate surface area is 130 Å². The molecule has 0 saturated heterocycles. The Morgan fingerprint density at radius 3 is 1.86 bits per heavy atom. The van der Waals surface area contributed by atoms with Crippen molar-refractivity contribution in [1.29, 1.82) is 0 Å². The normalized spacial score (nSPS) is 12.0. The number of aromatic hydroxyl groups is 1. The molecule has 0 fully saturated rings. The lowest BCUT2D eigenvalue weighted by atomic mass is 9.97. The van der Waals surface area contributed by atoms with E-state index in [1.165, 1.54) is 5.56 Å². The van der Waals surface area contributed by atoms with E-state index in [-0.39, 0.29) is 11.8 Å². The first-order valence-electron chi connectivity index (χ1n) is 7.41. The lowest BCUT2D eigenvalue weighted by molar-refractivity contribution is 0.475. The van der Waals surface area contributed by atoms with Gasteiger partial charge in [-0.15, -0.1) is 0 Å². The molecule has 0 bridgehead atoms. The van der Waals surface area contributed by atoms with E-state index in [0.29, 0.717) is 0 Å². The largest absolute Gasteiger partial charge is 0.508 e. The van der Waals surface area contributed by atoms with Gasteiger partial charge in [0, 0.05) is 6.04 Å². The SMILES string of the molecule is NC(Cc1ccc(-c2ccc(O)cc2)cc1)c1ccccc1. The van der Waals surface area contributed by atoms with Gasteiger partial charge in [0.05, 0.1) is 0 Å². The highest BCUT2D eigenvalue weighted by Crippen LogP contribution is 2.23. The second kappa shape index (κ2) is 6.46. The molecule has 1 unspecified atom stereocenters. The average molecular weight is 289 g/mol. The molecule has 0 amide bonds. The van der Waals surface area contributed by atoms with E-state index in [1.807, 2.05) is 30.3 Å². The summed E-state index contributed by atoms with van der Waals surface area (Å²) in [5, 5.41) is 9.34. The highest BCUT2D eigenvalue weighted by Gasteiger charge is 2.07. The molecule has 0 heterocycles. The third-order valence-corrected chi connectivity index (χ3v) is 3.84. The molecule has 0 radical (unpaired) electrons. The van der Waals surface area contributed by atoms with Gasteiger partial charge >= 0.3 is 0 Å². The van der Waals surface area contributed by atoms with E-state index in [1.54, 1.807) is 12.1 Å². The Kier molecular flexibility index (Phi) is 4.22. The highest BCUT2D eigenvalue weighted by atomic mass is 16.3. The predicted octanol–water partition coefficient (Wildman–Crippen LogP) is 4.30. The van der Waals surface area contributed by atoms with Crippen molar-refractivity contribution in [2.24, 2.45) is 5.73 Å². The summed E-state index contributed by atoms with van der Waals surface area (Å²) in [5.41, 5.74) is 10.9. The molecule has 0 aliphatic heterocycles. The molecular formula is C20H19NO. The molecule has 0 saturated carbocycles. The van der Waals surface area contributed by atoms with E-state index >= 15 is 0 Å². The van der Waals surface area contributed by atoms with Gasteiger partial charge in [0.15, 0.2) is 0 Å². The molecule has 0 spiro atoms. The Hall–Kier alpha value is -2.58. The van der Waals surface area contributed by atoms with Crippen molar-refractivity contribution in [3.63, 3.8) is 0 Å². The number of hydrogen-bond donors (Lipinski definition) is 2. The third-order valence-electron chi connectivity index (χ3n) is 3.84. The number of rotatable bonds is 4. The van der Waals surface area contributed by atoms with Gasteiger partial charge in [0.2, 0.25) is 0 Å². The van der Waals surface area contributed by atoms with Crippen molar-refractivity contribution in [3.05, 3.63) is 90.0 Å². The molecule has 110 valence electrons. The lowest BCUT2D eigenvalue weighted by Gasteiger charge is -2.12. The summed E-state index contributed by atoms with van der Waals surface area (Å²) in [6.45, 7) is 0. The van der Waals surface area contributed by atoms with E-state index in [9.17, 15) is 5.11 Å². The predicted molar refractivity (Wildman–Crippen MR) is 90.6 cm³/mol. The number of nitrogens with two attached hydrogens (primary N) is 1. The molecule has 1 atom stereocenters. The molecule has 22 heavy (non-hydrogen) atoms. The first-order chi connectivity index (χ1) is 10.7. The zero-order valence-corrected chi connectivity index (χ0v) is 12.3. The van der Waals surface area contributed by atoms with Crippen molar-refractivity contribution >= 4 is 0 Å². The Bertz CT molecular complexity index is 718. The van der Waals surface area contributed by atoms with Crippen LogP contribution in [0.3, 0.4) is 0 Å². The van der Waals surface area contributed by atoms with Crippen LogP contribution in [0, 0.1) is 0 Å². The summed E-state index contributed by atoms with van der Waals surface area (Å²) < 4.78 is 0. The topological polar surface area (TPSA) is 46.2 Å². The Morgan fingerprint density at radius 2 is 1.27 bits per heavy atom. The minimum Gasteiger partial charge on any atom is -0.508 e. The van der Waals surface area contributed by atoms with Gasteiger partial charge in [-0.05, 0) is 40.8 Å². The molecule has 2 nitrogen and oxygen atoms in total. The summed E-state index contributed by atoms with van der Waals surface area (Å²) in [7, 11) is 0. The zero-order chi connectivity index (χ0) is 15.4. The van der Waals surface area contributed by atoms with Crippen molar-refractivity contribution < 1.29 is 5.11 Å². The van der Waals surface area contributed by atoms with Crippen molar-refractivity contribution in [2.75, 3.05) is 0 Å². The number of benzene rings is 3. The average Bonchev–Trinajstić information content (AvgIpc) is 2.57. The third kappa shape index (κ3) is 3.35. The molecule has 3 aromatic rings. The van der Waals surface area contributed by atoms with Crippen LogP contribution in [0.25, 0.3) is 11.1 Å². The van der Waals surface area contributed by atoms with Crippen LogP contribution in [-0.2, 0) is 6.42 Å². The molecule has 0 aliphatic rings. The Morgan fingerprint density at radius 1 is 0.727 bits per heavy atom. The standard InChI is InChI=1S/C20H19NO/c21-20(18-4-2-1-3-5-18)14-15-6-8-16(9-7-15)17-10-12-19(22)13-11-17/h1-13,20,22H,14,21H2. The van der Waals surface area contributed by atoms with Crippen LogP contribution in [-0.4, -0.2) is 5.11 Å². The number of phenolic OH excluding ortho intramolecular Hbond substituents is 1. The van der Waals surface area contributed by atoms with Gasteiger partial charge in [-0.2, -0.15) is 0 Å². The fourth-order valence-electron chi connectivity index (χ4n) is 2.56. The van der Waals surface area contributed by atoms with Crippen LogP contribution >= 0.6 is 0 Å². The summed E-state index contributed by atoms with van der Waals surface area (Å²) in [4.78, 5) is 0. The van der Waals surface area contributed by atoms with Gasteiger partial charge in [-0.3, -0.25) is 0 Å². The molecule has 3 rings (SSSR count). The van der Waals surface area contributed by atoms with Crippen LogP contribution in [0.5, 0.6) is 5.75 Å². The number of hydrogen-bond acceptors (Lipinski definition) is 2. The van der Waals surface area contributed by atoms with Crippen molar-refractivity contribution in [2.45, 2.75) is 12.5 Å². The maximum atomic E-state index is 9.34. The monoisotopic (exact) mass is 289 g/mol. The summed E-state index contributed by atoms with van der Waals surface area (Å²) in [6, 6.07) is 25.8. The highest BCUT2D eigenvalue weighted by molar-refractivity contribution is 5.64. The summed E-state index contributed by atoms with van der Waals surface area (Å²) >= 11 is 0. The van der Waals surface area contributed by atoms with E-state index < -0.39 is 0 Å². The molecule has 3 N–H and O–H groups in total. The van der Waals surface area contributed by atoms with Gasteiger partial charge < -0.3 is 10.8 Å². The van der Waals surface area contributed by atoms with Gasteiger partial charge in [0.25, 0.3) is 0 Å².